The van der Waals surface area contributed by atoms with Crippen LogP contribution in [-0.2, 0) is 14.3 Å². The number of primary amides is 1. The number of carbonyl (C=O) groups is 3. The van der Waals surface area contributed by atoms with Gasteiger partial charge in [0.05, 0.1) is 12.1 Å². The van der Waals surface area contributed by atoms with Crippen LogP contribution in [0.3, 0.4) is 0 Å². The van der Waals surface area contributed by atoms with Crippen molar-refractivity contribution in [1.82, 2.24) is 0 Å². The summed E-state index contributed by atoms with van der Waals surface area (Å²) < 4.78 is 15.2. The highest BCUT2D eigenvalue weighted by atomic mass is 35.5. The van der Waals surface area contributed by atoms with E-state index in [2.05, 4.69) is 5.32 Å². The van der Waals surface area contributed by atoms with Gasteiger partial charge in [-0.2, -0.15) is 0 Å². The average molecular weight is 393 g/mol. The molecule has 0 bridgehead atoms. The van der Waals surface area contributed by atoms with Crippen LogP contribution in [0.25, 0.3) is 0 Å². The molecular formula is C18H17ClN2O6. The number of hydrogen-bond donors (Lipinski definition) is 2. The van der Waals surface area contributed by atoms with Gasteiger partial charge in [0.2, 0.25) is 0 Å². The molecule has 0 fully saturated rings. The second-order valence-electron chi connectivity index (χ2n) is 5.22. The summed E-state index contributed by atoms with van der Waals surface area (Å²) in [5, 5.41) is 2.96. The molecule has 0 saturated carbocycles. The number of amides is 2. The fraction of sp³-hybridized carbons (Fsp3) is 0.167. The molecule has 27 heavy (non-hydrogen) atoms. The van der Waals surface area contributed by atoms with Crippen LogP contribution in [0.15, 0.2) is 42.5 Å². The van der Waals surface area contributed by atoms with E-state index in [0.29, 0.717) is 16.5 Å². The normalized spacial score (nSPS) is 10.0. The van der Waals surface area contributed by atoms with E-state index in [1.165, 1.54) is 25.3 Å². The Morgan fingerprint density at radius 1 is 1.07 bits per heavy atom. The smallest absolute Gasteiger partial charge is 0.342 e. The Balaban J connectivity index is 1.98. The molecule has 2 rings (SSSR count). The van der Waals surface area contributed by atoms with Crippen molar-refractivity contribution in [3.8, 4) is 11.5 Å². The van der Waals surface area contributed by atoms with E-state index in [1.807, 2.05) is 0 Å². The number of nitrogens with two attached hydrogens (primary N) is 1. The Labute approximate surface area is 160 Å². The van der Waals surface area contributed by atoms with Gasteiger partial charge in [0.15, 0.2) is 13.2 Å². The minimum Gasteiger partial charge on any atom is -0.495 e. The maximum Gasteiger partial charge on any atom is 0.342 e. The van der Waals surface area contributed by atoms with Gasteiger partial charge in [-0.25, -0.2) is 4.79 Å². The number of halogens is 1. The number of benzene rings is 2. The van der Waals surface area contributed by atoms with Crippen LogP contribution in [0, 0.1) is 0 Å². The van der Waals surface area contributed by atoms with Gasteiger partial charge in [0.25, 0.3) is 11.8 Å². The van der Waals surface area contributed by atoms with E-state index >= 15 is 0 Å². The van der Waals surface area contributed by atoms with Gasteiger partial charge >= 0.3 is 5.97 Å². The first-order valence-corrected chi connectivity index (χ1v) is 8.09. The summed E-state index contributed by atoms with van der Waals surface area (Å²) in [6, 6.07) is 10.9. The predicted molar refractivity (Wildman–Crippen MR) is 98.0 cm³/mol. The number of hydrogen-bond acceptors (Lipinski definition) is 6. The molecule has 0 aliphatic rings. The SMILES string of the molecule is COc1ccc(NC(=O)COc2ccccc2C(=O)OCC(N)=O)cc1Cl. The third-order valence-corrected chi connectivity index (χ3v) is 3.54. The maximum absolute atomic E-state index is 12.1. The zero-order chi connectivity index (χ0) is 19.8. The number of ether oxygens (including phenoxy) is 3. The Kier molecular flexibility index (Phi) is 7.01. The molecule has 8 nitrogen and oxygen atoms in total. The lowest BCUT2D eigenvalue weighted by Gasteiger charge is -2.11. The molecular weight excluding hydrogens is 376 g/mol. The molecule has 0 aromatic heterocycles. The summed E-state index contributed by atoms with van der Waals surface area (Å²) in [6.07, 6.45) is 0. The third kappa shape index (κ3) is 5.89. The van der Waals surface area contributed by atoms with Crippen molar-refractivity contribution in [2.75, 3.05) is 25.6 Å². The number of methoxy groups -OCH3 is 1. The molecule has 2 amide bonds. The van der Waals surface area contributed by atoms with E-state index in [9.17, 15) is 14.4 Å². The van der Waals surface area contributed by atoms with Gasteiger partial charge < -0.3 is 25.3 Å². The van der Waals surface area contributed by atoms with Gasteiger partial charge in [-0.3, -0.25) is 9.59 Å². The van der Waals surface area contributed by atoms with Crippen LogP contribution in [0.1, 0.15) is 10.4 Å². The van der Waals surface area contributed by atoms with Crippen LogP contribution in [-0.4, -0.2) is 38.1 Å². The van der Waals surface area contributed by atoms with Crippen molar-refractivity contribution in [3.05, 3.63) is 53.1 Å². The summed E-state index contributed by atoms with van der Waals surface area (Å²) in [5.41, 5.74) is 5.47. The lowest BCUT2D eigenvalue weighted by Crippen LogP contribution is -2.22. The van der Waals surface area contributed by atoms with E-state index in [-0.39, 0.29) is 17.9 Å². The number of esters is 1. The summed E-state index contributed by atoms with van der Waals surface area (Å²) in [7, 11) is 1.49. The molecule has 2 aromatic carbocycles. The summed E-state index contributed by atoms with van der Waals surface area (Å²) in [6.45, 7) is -0.907. The molecule has 2 aromatic rings. The summed E-state index contributed by atoms with van der Waals surface area (Å²) in [5.74, 6) is -1.41. The molecule has 0 heterocycles. The highest BCUT2D eigenvalue weighted by Crippen LogP contribution is 2.27. The van der Waals surface area contributed by atoms with Crippen LogP contribution < -0.4 is 20.5 Å². The molecule has 0 spiro atoms. The van der Waals surface area contributed by atoms with Crippen molar-refractivity contribution in [2.24, 2.45) is 5.73 Å². The highest BCUT2D eigenvalue weighted by Gasteiger charge is 2.15. The molecule has 0 aliphatic carbocycles. The van der Waals surface area contributed by atoms with E-state index in [4.69, 9.17) is 31.5 Å². The van der Waals surface area contributed by atoms with Crippen LogP contribution >= 0.6 is 11.6 Å². The first kappa shape index (κ1) is 20.1. The minimum atomic E-state index is -0.785. The molecule has 0 radical (unpaired) electrons. The van der Waals surface area contributed by atoms with Crippen LogP contribution in [0.4, 0.5) is 5.69 Å². The fourth-order valence-corrected chi connectivity index (χ4v) is 2.32. The molecule has 0 saturated heterocycles. The number of para-hydroxylation sites is 1. The van der Waals surface area contributed by atoms with Crippen LogP contribution in [0.5, 0.6) is 11.5 Å². The molecule has 0 aliphatic heterocycles. The molecule has 9 heteroatoms. The molecule has 3 N–H and O–H groups in total. The topological polar surface area (TPSA) is 117 Å². The Hall–Kier alpha value is -3.26. The first-order chi connectivity index (χ1) is 12.9. The van der Waals surface area contributed by atoms with E-state index in [1.54, 1.807) is 24.3 Å². The van der Waals surface area contributed by atoms with Gasteiger partial charge in [0.1, 0.15) is 17.1 Å². The zero-order valence-corrected chi connectivity index (χ0v) is 15.1. The number of anilines is 1. The highest BCUT2D eigenvalue weighted by molar-refractivity contribution is 6.32. The van der Waals surface area contributed by atoms with Crippen molar-refractivity contribution < 1.29 is 28.6 Å². The summed E-state index contributed by atoms with van der Waals surface area (Å²) >= 11 is 6.00. The Bertz CT molecular complexity index is 855. The van der Waals surface area contributed by atoms with Gasteiger partial charge in [-0.15, -0.1) is 0 Å². The lowest BCUT2D eigenvalue weighted by atomic mass is 10.2. The van der Waals surface area contributed by atoms with Crippen molar-refractivity contribution in [1.29, 1.82) is 0 Å². The zero-order valence-electron chi connectivity index (χ0n) is 14.4. The first-order valence-electron chi connectivity index (χ1n) is 7.71. The Morgan fingerprint density at radius 2 is 1.81 bits per heavy atom. The fourth-order valence-electron chi connectivity index (χ4n) is 2.06. The molecule has 0 atom stereocenters. The third-order valence-electron chi connectivity index (χ3n) is 3.25. The number of rotatable bonds is 8. The minimum absolute atomic E-state index is 0.0686. The van der Waals surface area contributed by atoms with E-state index in [0.717, 1.165) is 0 Å². The number of nitrogens with one attached hydrogen (secondary N) is 1. The largest absolute Gasteiger partial charge is 0.495 e. The van der Waals surface area contributed by atoms with Crippen molar-refractivity contribution >= 4 is 35.1 Å². The van der Waals surface area contributed by atoms with E-state index < -0.39 is 24.4 Å². The average Bonchev–Trinajstić information content (AvgIpc) is 2.65. The molecule has 0 unspecified atom stereocenters. The van der Waals surface area contributed by atoms with Gasteiger partial charge in [-0.05, 0) is 30.3 Å². The monoisotopic (exact) mass is 392 g/mol. The van der Waals surface area contributed by atoms with Crippen molar-refractivity contribution in [2.45, 2.75) is 0 Å². The van der Waals surface area contributed by atoms with Gasteiger partial charge in [-0.1, -0.05) is 23.7 Å². The number of carbonyl (C=O) groups excluding carboxylic acids is 3. The lowest BCUT2D eigenvalue weighted by molar-refractivity contribution is -0.121. The van der Waals surface area contributed by atoms with Gasteiger partial charge in [0, 0.05) is 5.69 Å². The molecule has 142 valence electrons. The standard InChI is InChI=1S/C18H17ClN2O6/c1-25-15-7-6-11(8-13(15)19)21-17(23)10-26-14-5-3-2-4-12(14)18(24)27-9-16(20)22/h2-8H,9-10H2,1H3,(H2,20,22)(H,21,23). The summed E-state index contributed by atoms with van der Waals surface area (Å²) in [4.78, 5) is 34.7. The predicted octanol–water partition coefficient (Wildman–Crippen LogP) is 2.01. The van der Waals surface area contributed by atoms with Crippen LogP contribution in [0.2, 0.25) is 5.02 Å². The quantitative estimate of drug-likeness (QED) is 0.663. The Morgan fingerprint density at radius 3 is 2.48 bits per heavy atom. The second kappa shape index (κ2) is 9.44. The second-order valence-corrected chi connectivity index (χ2v) is 5.63. The van der Waals surface area contributed by atoms with Crippen molar-refractivity contribution in [3.63, 3.8) is 0 Å². The maximum atomic E-state index is 12.1.